The van der Waals surface area contributed by atoms with Crippen LogP contribution in [0.3, 0.4) is 0 Å². The van der Waals surface area contributed by atoms with Crippen LogP contribution in [0.1, 0.15) is 6.92 Å². The monoisotopic (exact) mass is 273 g/mol. The fourth-order valence-corrected chi connectivity index (χ4v) is 1.99. The summed E-state index contributed by atoms with van der Waals surface area (Å²) in [6, 6.07) is 3.49. The molecule has 1 aromatic carbocycles. The van der Waals surface area contributed by atoms with Gasteiger partial charge in [-0.05, 0) is 19.1 Å². The van der Waals surface area contributed by atoms with Gasteiger partial charge in [-0.2, -0.15) is 0 Å². The largest absolute Gasteiger partial charge is 0.380 e. The van der Waals surface area contributed by atoms with Crippen LogP contribution in [0, 0.1) is 0 Å². The summed E-state index contributed by atoms with van der Waals surface area (Å²) in [5, 5.41) is 0.977. The molecule has 0 atom stereocenters. The molecular weight excluding hydrogens is 261 g/mol. The van der Waals surface area contributed by atoms with E-state index in [2.05, 4.69) is 4.98 Å². The lowest BCUT2D eigenvalue weighted by Crippen LogP contribution is -2.08. The average molecular weight is 274 g/mol. The summed E-state index contributed by atoms with van der Waals surface area (Å²) in [5.41, 5.74) is 7.46. The van der Waals surface area contributed by atoms with E-state index in [1.165, 1.54) is 0 Å². The number of fused-ring (bicyclic) bond motifs is 1. The number of nitrogens with two attached hydrogens (primary N) is 1. The van der Waals surface area contributed by atoms with Gasteiger partial charge >= 0.3 is 0 Å². The van der Waals surface area contributed by atoms with E-state index in [1.54, 1.807) is 12.1 Å². The number of halogens is 2. The summed E-state index contributed by atoms with van der Waals surface area (Å²) in [6.07, 6.45) is 0. The number of anilines is 1. The quantitative estimate of drug-likeness (QED) is 0.872. The third-order valence-electron chi connectivity index (χ3n) is 2.48. The minimum absolute atomic E-state index is 0.443. The predicted octanol–water partition coefficient (Wildman–Crippen LogP) is 2.96. The van der Waals surface area contributed by atoms with Gasteiger partial charge in [-0.25, -0.2) is 4.98 Å². The molecule has 0 amide bonds. The van der Waals surface area contributed by atoms with Crippen LogP contribution >= 0.6 is 23.2 Å². The van der Waals surface area contributed by atoms with Crippen LogP contribution in [-0.4, -0.2) is 22.8 Å². The first kappa shape index (κ1) is 12.5. The van der Waals surface area contributed by atoms with Gasteiger partial charge in [0.05, 0.1) is 27.7 Å². The number of hydrogen-bond acceptors (Lipinski definition) is 3. The number of imidazole rings is 1. The molecular formula is C11H13Cl2N3O. The van der Waals surface area contributed by atoms with E-state index in [9.17, 15) is 0 Å². The molecule has 0 spiro atoms. The first-order valence-corrected chi connectivity index (χ1v) is 6.07. The van der Waals surface area contributed by atoms with Gasteiger partial charge in [0.25, 0.3) is 0 Å². The van der Waals surface area contributed by atoms with Crippen LogP contribution in [0.5, 0.6) is 0 Å². The average Bonchev–Trinajstić information content (AvgIpc) is 2.57. The number of rotatable bonds is 4. The second kappa shape index (κ2) is 5.12. The highest BCUT2D eigenvalue weighted by molar-refractivity contribution is 6.42. The number of ether oxygens (including phenoxy) is 1. The van der Waals surface area contributed by atoms with Crippen molar-refractivity contribution in [1.82, 2.24) is 9.55 Å². The molecule has 0 saturated carbocycles. The smallest absolute Gasteiger partial charge is 0.201 e. The highest BCUT2D eigenvalue weighted by Gasteiger charge is 2.10. The molecule has 4 nitrogen and oxygen atoms in total. The Morgan fingerprint density at radius 1 is 1.35 bits per heavy atom. The maximum absolute atomic E-state index is 5.99. The van der Waals surface area contributed by atoms with Crippen LogP contribution in [0.2, 0.25) is 10.0 Å². The van der Waals surface area contributed by atoms with Crippen LogP contribution in [0.15, 0.2) is 12.1 Å². The number of nitrogen functional groups attached to an aromatic ring is 1. The lowest BCUT2D eigenvalue weighted by molar-refractivity contribution is 0.140. The zero-order valence-corrected chi connectivity index (χ0v) is 10.9. The van der Waals surface area contributed by atoms with Gasteiger partial charge < -0.3 is 15.0 Å². The van der Waals surface area contributed by atoms with E-state index in [0.717, 1.165) is 11.0 Å². The van der Waals surface area contributed by atoms with E-state index >= 15 is 0 Å². The van der Waals surface area contributed by atoms with Crippen molar-refractivity contribution in [3.8, 4) is 0 Å². The number of aromatic nitrogens is 2. The summed E-state index contributed by atoms with van der Waals surface area (Å²) >= 11 is 11.9. The number of benzene rings is 1. The molecule has 0 aliphatic heterocycles. The van der Waals surface area contributed by atoms with Gasteiger partial charge in [0.1, 0.15) is 0 Å². The molecule has 0 bridgehead atoms. The molecule has 0 saturated heterocycles. The molecule has 0 aliphatic carbocycles. The number of nitrogens with zero attached hydrogens (tertiary/aromatic N) is 2. The molecule has 2 N–H and O–H groups in total. The SMILES string of the molecule is CCOCCn1c(N)nc2cc(Cl)c(Cl)cc21. The molecule has 2 rings (SSSR count). The van der Waals surface area contributed by atoms with Gasteiger partial charge in [0.15, 0.2) is 0 Å². The molecule has 0 aliphatic rings. The lowest BCUT2D eigenvalue weighted by Gasteiger charge is -2.06. The van der Waals surface area contributed by atoms with Gasteiger partial charge in [-0.1, -0.05) is 23.2 Å². The Balaban J connectivity index is 2.40. The minimum atomic E-state index is 0.443. The van der Waals surface area contributed by atoms with Crippen molar-refractivity contribution in [1.29, 1.82) is 0 Å². The Kier molecular flexibility index (Phi) is 3.76. The standard InChI is InChI=1S/C11H13Cl2N3O/c1-2-17-4-3-16-10-6-8(13)7(12)5-9(10)15-11(16)14/h5-6H,2-4H2,1H3,(H2,14,15). The van der Waals surface area contributed by atoms with Crippen molar-refractivity contribution < 1.29 is 4.74 Å². The Hall–Kier alpha value is -0.970. The third kappa shape index (κ3) is 2.49. The van der Waals surface area contributed by atoms with E-state index in [-0.39, 0.29) is 0 Å². The normalized spacial score (nSPS) is 11.2. The Labute approximate surface area is 109 Å². The molecule has 1 aromatic heterocycles. The van der Waals surface area contributed by atoms with Crippen LogP contribution in [-0.2, 0) is 11.3 Å². The molecule has 6 heteroatoms. The molecule has 0 unspecified atom stereocenters. The summed E-state index contributed by atoms with van der Waals surface area (Å²) in [7, 11) is 0. The fourth-order valence-electron chi connectivity index (χ4n) is 1.67. The zero-order valence-electron chi connectivity index (χ0n) is 9.41. The molecule has 92 valence electrons. The van der Waals surface area contributed by atoms with Crippen LogP contribution < -0.4 is 5.73 Å². The molecule has 0 fully saturated rings. The van der Waals surface area contributed by atoms with Crippen molar-refractivity contribution in [3.05, 3.63) is 22.2 Å². The maximum atomic E-state index is 5.99. The predicted molar refractivity (Wildman–Crippen MR) is 70.7 cm³/mol. The van der Waals surface area contributed by atoms with Gasteiger partial charge in [0, 0.05) is 13.2 Å². The topological polar surface area (TPSA) is 53.1 Å². The van der Waals surface area contributed by atoms with E-state index < -0.39 is 0 Å². The zero-order chi connectivity index (χ0) is 12.4. The lowest BCUT2D eigenvalue weighted by atomic mass is 10.3. The van der Waals surface area contributed by atoms with Gasteiger partial charge in [0.2, 0.25) is 5.95 Å². The van der Waals surface area contributed by atoms with Gasteiger partial charge in [-0.15, -0.1) is 0 Å². The first-order chi connectivity index (χ1) is 8.13. The first-order valence-electron chi connectivity index (χ1n) is 5.32. The van der Waals surface area contributed by atoms with Crippen molar-refractivity contribution >= 4 is 40.2 Å². The van der Waals surface area contributed by atoms with Crippen molar-refractivity contribution in [2.24, 2.45) is 0 Å². The van der Waals surface area contributed by atoms with Gasteiger partial charge in [-0.3, -0.25) is 0 Å². The van der Waals surface area contributed by atoms with Crippen molar-refractivity contribution in [2.75, 3.05) is 18.9 Å². The molecule has 1 heterocycles. The van der Waals surface area contributed by atoms with Crippen molar-refractivity contribution in [3.63, 3.8) is 0 Å². The highest BCUT2D eigenvalue weighted by Crippen LogP contribution is 2.28. The fraction of sp³-hybridized carbons (Fsp3) is 0.364. The highest BCUT2D eigenvalue weighted by atomic mass is 35.5. The van der Waals surface area contributed by atoms with E-state index in [4.69, 9.17) is 33.7 Å². The summed E-state index contributed by atoms with van der Waals surface area (Å²) in [5.74, 6) is 0.443. The maximum Gasteiger partial charge on any atom is 0.201 e. The molecule has 2 aromatic rings. The summed E-state index contributed by atoms with van der Waals surface area (Å²) in [6.45, 7) is 3.87. The Bertz CT molecular complexity index is 539. The second-order valence-electron chi connectivity index (χ2n) is 3.57. The number of hydrogen-bond donors (Lipinski definition) is 1. The summed E-state index contributed by atoms with van der Waals surface area (Å²) < 4.78 is 7.17. The van der Waals surface area contributed by atoms with E-state index in [0.29, 0.717) is 35.8 Å². The third-order valence-corrected chi connectivity index (χ3v) is 3.21. The Morgan fingerprint density at radius 3 is 2.76 bits per heavy atom. The second-order valence-corrected chi connectivity index (χ2v) is 4.39. The molecule has 17 heavy (non-hydrogen) atoms. The minimum Gasteiger partial charge on any atom is -0.380 e. The Morgan fingerprint density at radius 2 is 2.06 bits per heavy atom. The van der Waals surface area contributed by atoms with E-state index in [1.807, 2.05) is 11.5 Å². The molecule has 0 radical (unpaired) electrons. The van der Waals surface area contributed by atoms with Crippen molar-refractivity contribution in [2.45, 2.75) is 13.5 Å². The van der Waals surface area contributed by atoms with Crippen LogP contribution in [0.25, 0.3) is 11.0 Å². The summed E-state index contributed by atoms with van der Waals surface area (Å²) in [4.78, 5) is 4.24. The van der Waals surface area contributed by atoms with Crippen LogP contribution in [0.4, 0.5) is 5.95 Å².